The summed E-state index contributed by atoms with van der Waals surface area (Å²) in [4.78, 5) is 11.6. The molecule has 124 valence electrons. The van der Waals surface area contributed by atoms with Crippen molar-refractivity contribution in [1.29, 1.82) is 0 Å². The zero-order valence-electron chi connectivity index (χ0n) is 12.4. The minimum absolute atomic E-state index is 0.0515. The number of hydrogen-bond donors (Lipinski definition) is 1. The largest absolute Gasteiger partial charge is 0.468 e. The van der Waals surface area contributed by atoms with Gasteiger partial charge in [-0.15, -0.1) is 0 Å². The van der Waals surface area contributed by atoms with E-state index in [-0.39, 0.29) is 14.9 Å². The summed E-state index contributed by atoms with van der Waals surface area (Å²) in [6, 6.07) is 1.73. The summed E-state index contributed by atoms with van der Waals surface area (Å²) >= 11 is 15.1. The van der Waals surface area contributed by atoms with Crippen LogP contribution in [0.2, 0.25) is 10.0 Å². The lowest BCUT2D eigenvalue weighted by Gasteiger charge is -2.29. The minimum atomic E-state index is -4.11. The van der Waals surface area contributed by atoms with E-state index >= 15 is 0 Å². The lowest BCUT2D eigenvalue weighted by atomic mass is 9.87. The summed E-state index contributed by atoms with van der Waals surface area (Å²) in [7, 11) is -2.92. The number of nitrogens with one attached hydrogen (secondary N) is 1. The van der Waals surface area contributed by atoms with Gasteiger partial charge in [-0.2, -0.15) is 4.72 Å². The number of methoxy groups -OCH3 is 1. The van der Waals surface area contributed by atoms with Gasteiger partial charge in [0.15, 0.2) is 0 Å². The maximum atomic E-state index is 12.6. The topological polar surface area (TPSA) is 72.5 Å². The summed E-state index contributed by atoms with van der Waals surface area (Å²) < 4.78 is 32.6. The number of ether oxygens (including phenoxy) is 1. The number of halogens is 3. The maximum absolute atomic E-state index is 12.6. The quantitative estimate of drug-likeness (QED) is 0.737. The van der Waals surface area contributed by atoms with Crippen LogP contribution in [0.4, 0.5) is 0 Å². The Morgan fingerprint density at radius 1 is 1.27 bits per heavy atom. The molecule has 5 nitrogen and oxygen atoms in total. The predicted molar refractivity (Wildman–Crippen MR) is 89.7 cm³/mol. The van der Waals surface area contributed by atoms with Crippen LogP contribution < -0.4 is 4.72 Å². The summed E-state index contributed by atoms with van der Waals surface area (Å²) in [5, 5.41) is -0.103. The van der Waals surface area contributed by atoms with Gasteiger partial charge >= 0.3 is 5.97 Å². The standard InChI is InChI=1S/C13H16BrCl2NO4S/c1-13(2,3)11(12(18)21-4)17-22(19,20)10-8(15)5-7(14)6-9(10)16/h5-6,11,17H,1-4H3. The molecule has 0 aliphatic heterocycles. The molecule has 0 aromatic heterocycles. The Balaban J connectivity index is 3.33. The van der Waals surface area contributed by atoms with Gasteiger partial charge in [0, 0.05) is 4.47 Å². The Hall–Kier alpha value is -0.340. The number of carbonyl (C=O) groups is 1. The van der Waals surface area contributed by atoms with Gasteiger partial charge in [0.25, 0.3) is 0 Å². The van der Waals surface area contributed by atoms with Gasteiger partial charge in [-0.1, -0.05) is 59.9 Å². The van der Waals surface area contributed by atoms with E-state index in [4.69, 9.17) is 23.2 Å². The summed E-state index contributed by atoms with van der Waals surface area (Å²) in [5.74, 6) is -0.694. The van der Waals surface area contributed by atoms with Gasteiger partial charge in [-0.05, 0) is 17.5 Å². The van der Waals surface area contributed by atoms with Crippen molar-refractivity contribution in [2.45, 2.75) is 31.7 Å². The van der Waals surface area contributed by atoms with Gasteiger partial charge in [-0.25, -0.2) is 8.42 Å². The smallest absolute Gasteiger partial charge is 0.324 e. The number of esters is 1. The van der Waals surface area contributed by atoms with E-state index in [1.54, 1.807) is 20.8 Å². The van der Waals surface area contributed by atoms with E-state index < -0.39 is 27.4 Å². The third-order valence-electron chi connectivity index (χ3n) is 2.81. The molecule has 1 N–H and O–H groups in total. The Bertz CT molecular complexity index is 663. The van der Waals surface area contributed by atoms with Crippen molar-refractivity contribution >= 4 is 55.1 Å². The molecule has 0 heterocycles. The highest BCUT2D eigenvalue weighted by Crippen LogP contribution is 2.33. The SMILES string of the molecule is COC(=O)C(NS(=O)(=O)c1c(Cl)cc(Br)cc1Cl)C(C)(C)C. The first kappa shape index (κ1) is 19.7. The second-order valence-corrected chi connectivity index (χ2v) is 9.02. The third kappa shape index (κ3) is 4.58. The second kappa shape index (κ2) is 7.05. The molecule has 0 radical (unpaired) electrons. The molecule has 0 fully saturated rings. The van der Waals surface area contributed by atoms with Gasteiger partial charge in [0.1, 0.15) is 10.9 Å². The van der Waals surface area contributed by atoms with Gasteiger partial charge in [-0.3, -0.25) is 4.79 Å². The van der Waals surface area contributed by atoms with E-state index in [0.717, 1.165) is 0 Å². The van der Waals surface area contributed by atoms with Crippen molar-refractivity contribution in [3.63, 3.8) is 0 Å². The average molecular weight is 433 g/mol. The number of rotatable bonds is 4. The molecule has 0 bridgehead atoms. The summed E-state index contributed by atoms with van der Waals surface area (Å²) in [5.41, 5.74) is -0.700. The highest BCUT2D eigenvalue weighted by molar-refractivity contribution is 9.10. The molecule has 0 amide bonds. The van der Waals surface area contributed by atoms with Gasteiger partial charge < -0.3 is 4.74 Å². The molecular formula is C13H16BrCl2NO4S. The van der Waals surface area contributed by atoms with Crippen LogP contribution in [0.15, 0.2) is 21.5 Å². The lowest BCUT2D eigenvalue weighted by molar-refractivity contribution is -0.145. The Morgan fingerprint density at radius 3 is 2.09 bits per heavy atom. The van der Waals surface area contributed by atoms with Crippen LogP contribution >= 0.6 is 39.1 Å². The first-order valence-electron chi connectivity index (χ1n) is 6.15. The van der Waals surface area contributed by atoms with Gasteiger partial charge in [0.2, 0.25) is 10.0 Å². The Morgan fingerprint density at radius 2 is 1.73 bits per heavy atom. The van der Waals surface area contributed by atoms with Crippen molar-refractivity contribution in [2.75, 3.05) is 7.11 Å². The number of carbonyl (C=O) groups excluding carboxylic acids is 1. The van der Waals surface area contributed by atoms with E-state index in [1.165, 1.54) is 19.2 Å². The van der Waals surface area contributed by atoms with E-state index in [0.29, 0.717) is 4.47 Å². The zero-order chi connectivity index (χ0) is 17.3. The molecule has 9 heteroatoms. The molecule has 1 aromatic carbocycles. The van der Waals surface area contributed by atoms with Crippen molar-refractivity contribution in [1.82, 2.24) is 4.72 Å². The van der Waals surface area contributed by atoms with Crippen molar-refractivity contribution in [3.8, 4) is 0 Å². The highest BCUT2D eigenvalue weighted by Gasteiger charge is 2.37. The number of benzene rings is 1. The molecule has 1 unspecified atom stereocenters. The fraction of sp³-hybridized carbons (Fsp3) is 0.462. The van der Waals surface area contributed by atoms with Crippen LogP contribution in [0.3, 0.4) is 0 Å². The minimum Gasteiger partial charge on any atom is -0.468 e. The van der Waals surface area contributed by atoms with Crippen LogP contribution in [-0.4, -0.2) is 27.5 Å². The predicted octanol–water partition coefficient (Wildman–Crippen LogP) is 3.62. The van der Waals surface area contributed by atoms with E-state index in [2.05, 4.69) is 25.4 Å². The van der Waals surface area contributed by atoms with Crippen LogP contribution in [0, 0.1) is 5.41 Å². The fourth-order valence-corrected chi connectivity index (χ4v) is 5.02. The van der Waals surface area contributed by atoms with E-state index in [9.17, 15) is 13.2 Å². The van der Waals surface area contributed by atoms with E-state index in [1.807, 2.05) is 0 Å². The van der Waals surface area contributed by atoms with Crippen molar-refractivity contribution in [3.05, 3.63) is 26.7 Å². The average Bonchev–Trinajstić information content (AvgIpc) is 2.32. The zero-order valence-corrected chi connectivity index (χ0v) is 16.3. The monoisotopic (exact) mass is 431 g/mol. The molecular weight excluding hydrogens is 417 g/mol. The van der Waals surface area contributed by atoms with Gasteiger partial charge in [0.05, 0.1) is 17.2 Å². The lowest BCUT2D eigenvalue weighted by Crippen LogP contribution is -2.49. The van der Waals surface area contributed by atoms with Crippen LogP contribution in [-0.2, 0) is 19.6 Å². The Labute approximate surface area is 148 Å². The molecule has 0 aliphatic rings. The molecule has 0 saturated carbocycles. The molecule has 1 aromatic rings. The first-order chi connectivity index (χ1) is 9.90. The molecule has 0 aliphatic carbocycles. The fourth-order valence-electron chi connectivity index (χ4n) is 1.70. The number of hydrogen-bond acceptors (Lipinski definition) is 4. The molecule has 0 spiro atoms. The third-order valence-corrected chi connectivity index (χ3v) is 5.61. The van der Waals surface area contributed by atoms with Crippen LogP contribution in [0.5, 0.6) is 0 Å². The second-order valence-electron chi connectivity index (χ2n) is 5.64. The van der Waals surface area contributed by atoms with Crippen LogP contribution in [0.1, 0.15) is 20.8 Å². The first-order valence-corrected chi connectivity index (χ1v) is 9.18. The van der Waals surface area contributed by atoms with Crippen LogP contribution in [0.25, 0.3) is 0 Å². The Kier molecular flexibility index (Phi) is 6.31. The molecule has 1 rings (SSSR count). The molecule has 0 saturated heterocycles. The normalized spacial score (nSPS) is 13.8. The molecule has 1 atom stereocenters. The van der Waals surface area contributed by atoms with Crippen molar-refractivity contribution < 1.29 is 17.9 Å². The number of sulfonamides is 1. The molecule has 22 heavy (non-hydrogen) atoms. The summed E-state index contributed by atoms with van der Waals surface area (Å²) in [6.07, 6.45) is 0. The van der Waals surface area contributed by atoms with Crippen molar-refractivity contribution in [2.24, 2.45) is 5.41 Å². The highest BCUT2D eigenvalue weighted by atomic mass is 79.9. The maximum Gasteiger partial charge on any atom is 0.324 e. The summed E-state index contributed by atoms with van der Waals surface area (Å²) in [6.45, 7) is 5.13.